The molecule has 2 aromatic rings. The van der Waals surface area contributed by atoms with Crippen molar-refractivity contribution in [3.63, 3.8) is 0 Å². The lowest BCUT2D eigenvalue weighted by Crippen LogP contribution is -2.07. The van der Waals surface area contributed by atoms with Gasteiger partial charge in [0.05, 0.1) is 15.7 Å². The van der Waals surface area contributed by atoms with Gasteiger partial charge in [0.25, 0.3) is 0 Å². The summed E-state index contributed by atoms with van der Waals surface area (Å²) in [6.45, 7) is 2.00. The van der Waals surface area contributed by atoms with Crippen molar-refractivity contribution in [1.29, 1.82) is 0 Å². The van der Waals surface area contributed by atoms with Crippen LogP contribution in [0.15, 0.2) is 5.38 Å². The largest absolute Gasteiger partial charge is 0.383 e. The lowest BCUT2D eigenvalue weighted by Gasteiger charge is -2.07. The zero-order chi connectivity index (χ0) is 12.7. The monoisotopic (exact) mass is 372 g/mol. The molecule has 0 radical (unpaired) electrons. The standard InChI is InChI=1S/C12H13IN4S/c1-6-5-18-9(15-6)4-8-16-11(7-2-3-7)10(13)12(14)17-8/h5,7H,2-4H2,1H3,(H2,14,16,17). The van der Waals surface area contributed by atoms with Gasteiger partial charge in [-0.2, -0.15) is 0 Å². The number of anilines is 1. The molecule has 0 amide bonds. The fraction of sp³-hybridized carbons (Fsp3) is 0.417. The first-order valence-corrected chi connectivity index (χ1v) is 7.82. The van der Waals surface area contributed by atoms with Crippen LogP contribution in [-0.2, 0) is 6.42 Å². The second-order valence-electron chi connectivity index (χ2n) is 4.56. The number of nitrogens with two attached hydrogens (primary N) is 1. The van der Waals surface area contributed by atoms with E-state index in [1.54, 1.807) is 11.3 Å². The first-order chi connectivity index (χ1) is 8.63. The summed E-state index contributed by atoms with van der Waals surface area (Å²) in [6.07, 6.45) is 3.13. The van der Waals surface area contributed by atoms with Crippen LogP contribution in [0.4, 0.5) is 5.82 Å². The Morgan fingerprint density at radius 1 is 1.39 bits per heavy atom. The minimum Gasteiger partial charge on any atom is -0.383 e. The third-order valence-electron chi connectivity index (χ3n) is 2.89. The molecule has 2 N–H and O–H groups in total. The molecule has 4 nitrogen and oxygen atoms in total. The molecule has 0 aliphatic heterocycles. The first-order valence-electron chi connectivity index (χ1n) is 5.86. The van der Waals surface area contributed by atoms with E-state index in [9.17, 15) is 0 Å². The van der Waals surface area contributed by atoms with Crippen molar-refractivity contribution in [2.24, 2.45) is 0 Å². The molecule has 3 rings (SSSR count). The van der Waals surface area contributed by atoms with Crippen LogP contribution in [0.25, 0.3) is 0 Å². The number of hydrogen-bond acceptors (Lipinski definition) is 5. The van der Waals surface area contributed by atoms with Crippen LogP contribution >= 0.6 is 33.9 Å². The minimum absolute atomic E-state index is 0.596. The number of halogens is 1. The molecule has 18 heavy (non-hydrogen) atoms. The fourth-order valence-corrected chi connectivity index (χ4v) is 3.31. The molecule has 0 aromatic carbocycles. The van der Waals surface area contributed by atoms with E-state index in [2.05, 4.69) is 37.5 Å². The third-order valence-corrected chi connectivity index (χ3v) is 4.96. The zero-order valence-corrected chi connectivity index (χ0v) is 13.0. The summed E-state index contributed by atoms with van der Waals surface area (Å²) in [5, 5.41) is 3.10. The van der Waals surface area contributed by atoms with E-state index >= 15 is 0 Å². The molecule has 1 fully saturated rings. The number of aromatic nitrogens is 3. The molecule has 1 saturated carbocycles. The Labute approximate surface area is 123 Å². The van der Waals surface area contributed by atoms with E-state index in [1.807, 2.05) is 12.3 Å². The van der Waals surface area contributed by atoms with E-state index in [0.29, 0.717) is 18.2 Å². The van der Waals surface area contributed by atoms with Crippen LogP contribution < -0.4 is 5.73 Å². The maximum Gasteiger partial charge on any atom is 0.140 e. The highest BCUT2D eigenvalue weighted by Gasteiger charge is 2.29. The van der Waals surface area contributed by atoms with Gasteiger partial charge in [0.2, 0.25) is 0 Å². The number of aryl methyl sites for hydroxylation is 1. The van der Waals surface area contributed by atoms with Crippen LogP contribution in [0.1, 0.15) is 41.0 Å². The lowest BCUT2D eigenvalue weighted by molar-refractivity contribution is 0.888. The van der Waals surface area contributed by atoms with Crippen molar-refractivity contribution in [3.05, 3.63) is 31.2 Å². The summed E-state index contributed by atoms with van der Waals surface area (Å²) in [5.41, 5.74) is 8.15. The molecule has 0 unspecified atom stereocenters. The number of nitrogen functional groups attached to an aromatic ring is 1. The molecule has 2 heterocycles. The highest BCUT2D eigenvalue weighted by Crippen LogP contribution is 2.41. The predicted octanol–water partition coefficient (Wildman–Crippen LogP) is 2.90. The topological polar surface area (TPSA) is 64.7 Å². The third kappa shape index (κ3) is 2.49. The minimum atomic E-state index is 0.596. The molecular weight excluding hydrogens is 359 g/mol. The van der Waals surface area contributed by atoms with Gasteiger partial charge in [0, 0.05) is 17.0 Å². The summed E-state index contributed by atoms with van der Waals surface area (Å²) < 4.78 is 1.02. The van der Waals surface area contributed by atoms with Crippen molar-refractivity contribution >= 4 is 39.7 Å². The van der Waals surface area contributed by atoms with Gasteiger partial charge < -0.3 is 5.73 Å². The van der Waals surface area contributed by atoms with Crippen LogP contribution in [0.2, 0.25) is 0 Å². The van der Waals surface area contributed by atoms with E-state index in [-0.39, 0.29) is 0 Å². The van der Waals surface area contributed by atoms with Crippen molar-refractivity contribution < 1.29 is 0 Å². The van der Waals surface area contributed by atoms with Crippen LogP contribution in [0.3, 0.4) is 0 Å². The van der Waals surface area contributed by atoms with Crippen molar-refractivity contribution in [3.8, 4) is 0 Å². The summed E-state index contributed by atoms with van der Waals surface area (Å²) in [7, 11) is 0. The Balaban J connectivity index is 1.92. The molecule has 6 heteroatoms. The number of rotatable bonds is 3. The summed E-state index contributed by atoms with van der Waals surface area (Å²) in [5.74, 6) is 2.00. The molecule has 0 atom stereocenters. The maximum absolute atomic E-state index is 5.97. The van der Waals surface area contributed by atoms with Gasteiger partial charge in [0.1, 0.15) is 16.6 Å². The fourth-order valence-electron chi connectivity index (χ4n) is 1.86. The van der Waals surface area contributed by atoms with Gasteiger partial charge >= 0.3 is 0 Å². The number of nitrogens with zero attached hydrogens (tertiary/aromatic N) is 3. The zero-order valence-electron chi connectivity index (χ0n) is 9.98. The Morgan fingerprint density at radius 3 is 2.78 bits per heavy atom. The van der Waals surface area contributed by atoms with E-state index < -0.39 is 0 Å². The quantitative estimate of drug-likeness (QED) is 0.842. The average molecular weight is 372 g/mol. The van der Waals surface area contributed by atoms with Crippen LogP contribution in [0, 0.1) is 10.5 Å². The SMILES string of the molecule is Cc1csc(Cc2nc(N)c(I)c(C3CC3)n2)n1. The Bertz CT molecular complexity index is 592. The summed E-state index contributed by atoms with van der Waals surface area (Å²) in [6, 6.07) is 0. The molecule has 0 spiro atoms. The number of hydrogen-bond donors (Lipinski definition) is 1. The van der Waals surface area contributed by atoms with Crippen molar-refractivity contribution in [1.82, 2.24) is 15.0 Å². The smallest absolute Gasteiger partial charge is 0.140 e. The molecule has 94 valence electrons. The maximum atomic E-state index is 5.97. The molecule has 0 saturated heterocycles. The Hall–Kier alpha value is -0.760. The van der Waals surface area contributed by atoms with Gasteiger partial charge in [-0.05, 0) is 42.4 Å². The lowest BCUT2D eigenvalue weighted by atomic mass is 10.2. The Kier molecular flexibility index (Phi) is 3.23. The predicted molar refractivity (Wildman–Crippen MR) is 80.8 cm³/mol. The van der Waals surface area contributed by atoms with Gasteiger partial charge in [-0.3, -0.25) is 0 Å². The van der Waals surface area contributed by atoms with E-state index in [1.165, 1.54) is 12.8 Å². The average Bonchev–Trinajstić information content (AvgIpc) is 3.08. The first kappa shape index (κ1) is 12.3. The summed E-state index contributed by atoms with van der Waals surface area (Å²) >= 11 is 3.90. The highest BCUT2D eigenvalue weighted by atomic mass is 127. The van der Waals surface area contributed by atoms with Crippen LogP contribution in [0.5, 0.6) is 0 Å². The normalized spacial score (nSPS) is 15.0. The molecule has 1 aliphatic rings. The number of thiazole rings is 1. The second kappa shape index (κ2) is 4.73. The molecular formula is C12H13IN4S. The van der Waals surface area contributed by atoms with E-state index in [4.69, 9.17) is 5.73 Å². The molecule has 2 aromatic heterocycles. The van der Waals surface area contributed by atoms with Crippen molar-refractivity contribution in [2.45, 2.75) is 32.1 Å². The van der Waals surface area contributed by atoms with Crippen molar-refractivity contribution in [2.75, 3.05) is 5.73 Å². The highest BCUT2D eigenvalue weighted by molar-refractivity contribution is 14.1. The second-order valence-corrected chi connectivity index (χ2v) is 6.58. The molecule has 1 aliphatic carbocycles. The van der Waals surface area contributed by atoms with Gasteiger partial charge in [0.15, 0.2) is 0 Å². The Morgan fingerprint density at radius 2 is 2.17 bits per heavy atom. The molecule has 0 bridgehead atoms. The van der Waals surface area contributed by atoms with Gasteiger partial charge in [-0.25, -0.2) is 15.0 Å². The van der Waals surface area contributed by atoms with Gasteiger partial charge in [-0.1, -0.05) is 0 Å². The summed E-state index contributed by atoms with van der Waals surface area (Å²) in [4.78, 5) is 13.5. The van der Waals surface area contributed by atoms with E-state index in [0.717, 1.165) is 25.8 Å². The van der Waals surface area contributed by atoms with Crippen LogP contribution in [-0.4, -0.2) is 15.0 Å². The van der Waals surface area contributed by atoms with Gasteiger partial charge in [-0.15, -0.1) is 11.3 Å².